The molecule has 0 aromatic carbocycles. The lowest BCUT2D eigenvalue weighted by atomic mass is 10.3. The number of aromatic nitrogens is 2. The summed E-state index contributed by atoms with van der Waals surface area (Å²) in [6.07, 6.45) is 5.05. The molecule has 0 bridgehead atoms. The maximum absolute atomic E-state index is 11.6. The number of carbonyl (C=O) groups excluding carboxylic acids is 1. The molecule has 2 rings (SSSR count). The van der Waals surface area contributed by atoms with Gasteiger partial charge in [0.2, 0.25) is 5.78 Å². The van der Waals surface area contributed by atoms with Gasteiger partial charge in [0.25, 0.3) is 0 Å². The largest absolute Gasteiger partial charge is 0.461 e. The van der Waals surface area contributed by atoms with E-state index in [1.165, 1.54) is 18.0 Å². The van der Waals surface area contributed by atoms with Crippen molar-refractivity contribution in [1.82, 2.24) is 9.55 Å². The van der Waals surface area contributed by atoms with Gasteiger partial charge in [-0.3, -0.25) is 4.79 Å². The minimum atomic E-state index is -0.0204. The van der Waals surface area contributed by atoms with Gasteiger partial charge < -0.3 is 8.98 Å². The van der Waals surface area contributed by atoms with Crippen LogP contribution in [-0.4, -0.2) is 21.1 Å². The monoisotopic (exact) mass is 222 g/mol. The second-order valence-corrected chi connectivity index (χ2v) is 3.95. The molecule has 0 saturated heterocycles. The first kappa shape index (κ1) is 10.0. The summed E-state index contributed by atoms with van der Waals surface area (Å²) in [4.78, 5) is 15.7. The molecule has 0 radical (unpaired) electrons. The van der Waals surface area contributed by atoms with E-state index < -0.39 is 0 Å². The Kier molecular flexibility index (Phi) is 2.91. The normalized spacial score (nSPS) is 10.5. The second kappa shape index (κ2) is 4.35. The Morgan fingerprint density at radius 1 is 1.67 bits per heavy atom. The first-order valence-electron chi connectivity index (χ1n) is 4.44. The van der Waals surface area contributed by atoms with E-state index in [2.05, 4.69) is 4.98 Å². The number of hydrogen-bond acceptors (Lipinski definition) is 4. The van der Waals surface area contributed by atoms with Gasteiger partial charge in [0, 0.05) is 19.4 Å². The summed E-state index contributed by atoms with van der Waals surface area (Å²) in [6, 6.07) is 3.37. The number of carbonyl (C=O) groups is 1. The van der Waals surface area contributed by atoms with Crippen molar-refractivity contribution in [2.24, 2.45) is 7.05 Å². The Bertz CT molecular complexity index is 448. The lowest BCUT2D eigenvalue weighted by Crippen LogP contribution is -2.01. The molecule has 4 nitrogen and oxygen atoms in total. The van der Waals surface area contributed by atoms with Gasteiger partial charge >= 0.3 is 0 Å². The summed E-state index contributed by atoms with van der Waals surface area (Å²) in [7, 11) is 1.90. The zero-order chi connectivity index (χ0) is 10.7. The zero-order valence-electron chi connectivity index (χ0n) is 8.21. The molecule has 0 unspecified atom stereocenters. The molecule has 0 N–H and O–H groups in total. The van der Waals surface area contributed by atoms with Crippen molar-refractivity contribution in [1.29, 1.82) is 0 Å². The van der Waals surface area contributed by atoms with Crippen LogP contribution in [0.2, 0.25) is 0 Å². The molecule has 0 fully saturated rings. The van der Waals surface area contributed by atoms with E-state index in [1.807, 2.05) is 17.8 Å². The number of imidazole rings is 1. The lowest BCUT2D eigenvalue weighted by Gasteiger charge is -1.99. The van der Waals surface area contributed by atoms with Gasteiger partial charge in [0.05, 0.1) is 12.0 Å². The maximum Gasteiger partial charge on any atom is 0.208 e. The highest BCUT2D eigenvalue weighted by molar-refractivity contribution is 7.99. The molecular formula is C10H10N2O2S. The summed E-state index contributed by atoms with van der Waals surface area (Å²) >= 11 is 1.40. The standard InChI is InChI=1S/C10H10N2O2S/c1-12-5-4-11-10(12)15-7-8(13)9-3-2-6-14-9/h2-6H,7H2,1H3. The predicted molar refractivity (Wildman–Crippen MR) is 57.0 cm³/mol. The Morgan fingerprint density at radius 3 is 3.13 bits per heavy atom. The summed E-state index contributed by atoms with van der Waals surface area (Å²) in [6.45, 7) is 0. The van der Waals surface area contributed by atoms with E-state index in [0.29, 0.717) is 11.5 Å². The van der Waals surface area contributed by atoms with Gasteiger partial charge in [-0.2, -0.15) is 0 Å². The van der Waals surface area contributed by atoms with Gasteiger partial charge in [0.1, 0.15) is 0 Å². The van der Waals surface area contributed by atoms with Crippen LogP contribution in [0.1, 0.15) is 10.6 Å². The Morgan fingerprint density at radius 2 is 2.53 bits per heavy atom. The fourth-order valence-corrected chi connectivity index (χ4v) is 1.93. The maximum atomic E-state index is 11.6. The van der Waals surface area contributed by atoms with Crippen molar-refractivity contribution in [3.05, 3.63) is 36.5 Å². The number of Topliss-reactive ketones (excluding diaryl/α,β-unsaturated/α-hetero) is 1. The Balaban J connectivity index is 1.95. The average Bonchev–Trinajstić information content (AvgIpc) is 2.85. The van der Waals surface area contributed by atoms with Crippen LogP contribution >= 0.6 is 11.8 Å². The highest BCUT2D eigenvalue weighted by Crippen LogP contribution is 2.16. The highest BCUT2D eigenvalue weighted by atomic mass is 32.2. The first-order chi connectivity index (χ1) is 7.27. The van der Waals surface area contributed by atoms with E-state index in [1.54, 1.807) is 18.3 Å². The van der Waals surface area contributed by atoms with Crippen molar-refractivity contribution >= 4 is 17.5 Å². The van der Waals surface area contributed by atoms with Crippen molar-refractivity contribution in [2.45, 2.75) is 5.16 Å². The third kappa shape index (κ3) is 2.30. The molecule has 2 aromatic heterocycles. The zero-order valence-corrected chi connectivity index (χ0v) is 9.03. The van der Waals surface area contributed by atoms with Crippen LogP contribution in [0.5, 0.6) is 0 Å². The molecule has 0 spiro atoms. The molecule has 5 heteroatoms. The molecule has 0 atom stereocenters. The molecule has 0 aliphatic carbocycles. The molecule has 0 amide bonds. The highest BCUT2D eigenvalue weighted by Gasteiger charge is 2.10. The lowest BCUT2D eigenvalue weighted by molar-refractivity contribution is 0.0992. The van der Waals surface area contributed by atoms with Crippen LogP contribution in [0.4, 0.5) is 0 Å². The van der Waals surface area contributed by atoms with E-state index in [0.717, 1.165) is 5.16 Å². The van der Waals surface area contributed by atoms with Gasteiger partial charge in [0.15, 0.2) is 10.9 Å². The molecule has 2 heterocycles. The SMILES string of the molecule is Cn1ccnc1SCC(=O)c1ccco1. The number of furan rings is 1. The van der Waals surface area contributed by atoms with Crippen molar-refractivity contribution in [3.8, 4) is 0 Å². The summed E-state index contributed by atoms with van der Waals surface area (Å²) in [5, 5.41) is 0.829. The molecule has 15 heavy (non-hydrogen) atoms. The number of hydrogen-bond donors (Lipinski definition) is 0. The Labute approximate surface area is 91.3 Å². The van der Waals surface area contributed by atoms with Gasteiger partial charge in [-0.25, -0.2) is 4.98 Å². The van der Waals surface area contributed by atoms with Crippen molar-refractivity contribution in [3.63, 3.8) is 0 Å². The summed E-state index contributed by atoms with van der Waals surface area (Å²) < 4.78 is 6.88. The number of rotatable bonds is 4. The number of nitrogens with zero attached hydrogens (tertiary/aromatic N) is 2. The minimum Gasteiger partial charge on any atom is -0.461 e. The van der Waals surface area contributed by atoms with Crippen LogP contribution in [0, 0.1) is 0 Å². The van der Waals surface area contributed by atoms with Gasteiger partial charge in [-0.15, -0.1) is 0 Å². The van der Waals surface area contributed by atoms with Crippen molar-refractivity contribution in [2.75, 3.05) is 5.75 Å². The average molecular weight is 222 g/mol. The van der Waals surface area contributed by atoms with Gasteiger partial charge in [-0.1, -0.05) is 11.8 Å². The fourth-order valence-electron chi connectivity index (χ4n) is 1.13. The van der Waals surface area contributed by atoms with E-state index >= 15 is 0 Å². The smallest absolute Gasteiger partial charge is 0.208 e. The number of ketones is 1. The minimum absolute atomic E-state index is 0.0204. The van der Waals surface area contributed by atoms with Crippen LogP contribution < -0.4 is 0 Å². The predicted octanol–water partition coefficient (Wildman–Crippen LogP) is 1.99. The topological polar surface area (TPSA) is 48.0 Å². The third-order valence-electron chi connectivity index (χ3n) is 1.91. The molecule has 0 aliphatic heterocycles. The molecule has 0 aliphatic rings. The third-order valence-corrected chi connectivity index (χ3v) is 2.96. The molecule has 0 saturated carbocycles. The number of thioether (sulfide) groups is 1. The van der Waals surface area contributed by atoms with E-state index in [4.69, 9.17) is 4.42 Å². The molecular weight excluding hydrogens is 212 g/mol. The number of aryl methyl sites for hydroxylation is 1. The Hall–Kier alpha value is -1.49. The van der Waals surface area contributed by atoms with E-state index in [-0.39, 0.29) is 5.78 Å². The van der Waals surface area contributed by atoms with Crippen LogP contribution in [0.15, 0.2) is 40.4 Å². The quantitative estimate of drug-likeness (QED) is 0.586. The van der Waals surface area contributed by atoms with Crippen molar-refractivity contribution < 1.29 is 9.21 Å². The van der Waals surface area contributed by atoms with Gasteiger partial charge in [-0.05, 0) is 12.1 Å². The second-order valence-electron chi connectivity index (χ2n) is 3.01. The van der Waals surface area contributed by atoms with Crippen LogP contribution in [0.25, 0.3) is 0 Å². The first-order valence-corrected chi connectivity index (χ1v) is 5.43. The molecule has 78 valence electrons. The summed E-state index contributed by atoms with van der Waals surface area (Å²) in [5.74, 6) is 0.725. The van der Waals surface area contributed by atoms with E-state index in [9.17, 15) is 4.79 Å². The fraction of sp³-hybridized carbons (Fsp3) is 0.200. The van der Waals surface area contributed by atoms with Crippen LogP contribution in [-0.2, 0) is 7.05 Å². The molecule has 2 aromatic rings. The summed E-state index contributed by atoms with van der Waals surface area (Å²) in [5.41, 5.74) is 0. The van der Waals surface area contributed by atoms with Crippen LogP contribution in [0.3, 0.4) is 0 Å².